The van der Waals surface area contributed by atoms with Crippen molar-refractivity contribution in [2.45, 2.75) is 32.7 Å². The summed E-state index contributed by atoms with van der Waals surface area (Å²) < 4.78 is 17.8. The van der Waals surface area contributed by atoms with Gasteiger partial charge in [0.05, 0.1) is 44.9 Å². The fraction of sp³-hybridized carbons (Fsp3) is 0.296. The quantitative estimate of drug-likeness (QED) is 0.268. The van der Waals surface area contributed by atoms with E-state index in [1.165, 1.54) is 11.3 Å². The number of carbonyl (C=O) groups excluding carboxylic acids is 2. The Kier molecular flexibility index (Phi) is 8.29. The topological polar surface area (TPSA) is 112 Å². The number of rotatable bonds is 11. The van der Waals surface area contributed by atoms with E-state index in [0.29, 0.717) is 40.9 Å². The molecule has 0 aliphatic carbocycles. The lowest BCUT2D eigenvalue weighted by Gasteiger charge is -2.21. The van der Waals surface area contributed by atoms with Gasteiger partial charge in [-0.1, -0.05) is 24.3 Å². The van der Waals surface area contributed by atoms with E-state index in [1.807, 2.05) is 49.5 Å². The number of esters is 1. The smallest absolute Gasteiger partial charge is 0.311 e. The highest BCUT2D eigenvalue weighted by molar-refractivity contribution is 7.13. The van der Waals surface area contributed by atoms with Crippen LogP contribution in [-0.4, -0.2) is 46.9 Å². The number of hydrogen-bond donors (Lipinski definition) is 2. The van der Waals surface area contributed by atoms with Crippen LogP contribution in [0, 0.1) is 0 Å². The summed E-state index contributed by atoms with van der Waals surface area (Å²) in [6, 6.07) is 12.4. The van der Waals surface area contributed by atoms with Crippen LogP contribution >= 0.6 is 11.3 Å². The molecule has 2 heterocycles. The first-order valence-electron chi connectivity index (χ1n) is 11.9. The SMILES string of the molecule is CCOC(=O)Cc1csc(NC(=O)CC(c2ccc(OCC)c(OC)c2)n2cc3ccccc3c2O)n1. The highest BCUT2D eigenvalue weighted by Gasteiger charge is 2.24. The van der Waals surface area contributed by atoms with Crippen LogP contribution in [0.4, 0.5) is 5.13 Å². The second kappa shape index (κ2) is 11.8. The van der Waals surface area contributed by atoms with E-state index in [-0.39, 0.29) is 30.6 Å². The average Bonchev–Trinajstić information content (AvgIpc) is 3.46. The molecule has 9 nitrogen and oxygen atoms in total. The molecule has 4 aromatic rings. The third kappa shape index (κ3) is 6.03. The van der Waals surface area contributed by atoms with Crippen molar-refractivity contribution in [3.63, 3.8) is 0 Å². The van der Waals surface area contributed by atoms with Gasteiger partial charge in [-0.3, -0.25) is 9.59 Å². The van der Waals surface area contributed by atoms with Gasteiger partial charge in [0.25, 0.3) is 0 Å². The Bertz CT molecular complexity index is 1400. The van der Waals surface area contributed by atoms with Gasteiger partial charge in [-0.25, -0.2) is 4.98 Å². The monoisotopic (exact) mass is 523 g/mol. The predicted octanol–water partition coefficient (Wildman–Crippen LogP) is 4.93. The number of nitrogens with zero attached hydrogens (tertiary/aromatic N) is 2. The molecule has 1 atom stereocenters. The van der Waals surface area contributed by atoms with Crippen LogP contribution in [-0.2, 0) is 20.7 Å². The van der Waals surface area contributed by atoms with Gasteiger partial charge in [0.15, 0.2) is 22.5 Å². The number of aromatic hydroxyl groups is 1. The molecule has 2 aromatic heterocycles. The second-order valence-corrected chi connectivity index (χ2v) is 9.04. The molecule has 10 heteroatoms. The van der Waals surface area contributed by atoms with Crippen molar-refractivity contribution in [2.24, 2.45) is 0 Å². The molecule has 0 bridgehead atoms. The Morgan fingerprint density at radius 3 is 2.68 bits per heavy atom. The van der Waals surface area contributed by atoms with E-state index >= 15 is 0 Å². The number of fused-ring (bicyclic) bond motifs is 1. The number of aromatic nitrogens is 2. The van der Waals surface area contributed by atoms with E-state index in [9.17, 15) is 14.7 Å². The molecule has 194 valence electrons. The fourth-order valence-electron chi connectivity index (χ4n) is 4.10. The molecular formula is C27H29N3O6S. The lowest BCUT2D eigenvalue weighted by atomic mass is 10.0. The van der Waals surface area contributed by atoms with E-state index in [2.05, 4.69) is 10.3 Å². The van der Waals surface area contributed by atoms with Crippen LogP contribution in [0.2, 0.25) is 0 Å². The summed E-state index contributed by atoms with van der Waals surface area (Å²) in [5.74, 6) is 0.518. The van der Waals surface area contributed by atoms with Gasteiger partial charge in [0.1, 0.15) is 0 Å². The molecule has 0 fully saturated rings. The number of ether oxygens (including phenoxy) is 3. The third-order valence-electron chi connectivity index (χ3n) is 5.74. The summed E-state index contributed by atoms with van der Waals surface area (Å²) in [6.45, 7) is 4.41. The van der Waals surface area contributed by atoms with Gasteiger partial charge < -0.3 is 29.2 Å². The van der Waals surface area contributed by atoms with Crippen molar-refractivity contribution < 1.29 is 28.9 Å². The van der Waals surface area contributed by atoms with E-state index in [4.69, 9.17) is 14.2 Å². The number of methoxy groups -OCH3 is 1. The van der Waals surface area contributed by atoms with E-state index < -0.39 is 6.04 Å². The van der Waals surface area contributed by atoms with Crippen LogP contribution in [0.15, 0.2) is 54.0 Å². The van der Waals surface area contributed by atoms with Crippen LogP contribution in [0.1, 0.15) is 37.6 Å². The Morgan fingerprint density at radius 2 is 1.95 bits per heavy atom. The molecule has 2 N–H and O–H groups in total. The number of hydrogen-bond acceptors (Lipinski definition) is 8. The summed E-state index contributed by atoms with van der Waals surface area (Å²) in [5.41, 5.74) is 1.29. The number of anilines is 1. The minimum atomic E-state index is -0.545. The molecule has 1 unspecified atom stereocenters. The van der Waals surface area contributed by atoms with E-state index in [0.717, 1.165) is 10.9 Å². The second-order valence-electron chi connectivity index (χ2n) is 8.18. The molecule has 0 radical (unpaired) electrons. The molecule has 0 spiro atoms. The Morgan fingerprint density at radius 1 is 1.14 bits per heavy atom. The first kappa shape index (κ1) is 26.0. The summed E-state index contributed by atoms with van der Waals surface area (Å²) in [4.78, 5) is 29.2. The molecular weight excluding hydrogens is 494 g/mol. The number of thiazole rings is 1. The molecule has 1 amide bonds. The molecule has 0 saturated heterocycles. The molecule has 37 heavy (non-hydrogen) atoms. The van der Waals surface area contributed by atoms with Gasteiger partial charge in [-0.15, -0.1) is 11.3 Å². The largest absolute Gasteiger partial charge is 0.494 e. The zero-order valence-corrected chi connectivity index (χ0v) is 21.7. The Labute approximate surface area is 218 Å². The maximum absolute atomic E-state index is 13.2. The van der Waals surface area contributed by atoms with Crippen molar-refractivity contribution in [1.29, 1.82) is 0 Å². The molecule has 0 saturated carbocycles. The van der Waals surface area contributed by atoms with Gasteiger partial charge in [-0.05, 0) is 37.6 Å². The van der Waals surface area contributed by atoms with Crippen LogP contribution in [0.3, 0.4) is 0 Å². The zero-order valence-electron chi connectivity index (χ0n) is 20.9. The number of nitrogens with one attached hydrogen (secondary N) is 1. The Hall–Kier alpha value is -4.05. The predicted molar refractivity (Wildman–Crippen MR) is 142 cm³/mol. The summed E-state index contributed by atoms with van der Waals surface area (Å²) in [7, 11) is 1.56. The van der Waals surface area contributed by atoms with Gasteiger partial charge in [0.2, 0.25) is 5.91 Å². The summed E-state index contributed by atoms with van der Waals surface area (Å²) in [6.07, 6.45) is 1.88. The number of carbonyl (C=O) groups is 2. The lowest BCUT2D eigenvalue weighted by molar-refractivity contribution is -0.142. The zero-order chi connectivity index (χ0) is 26.4. The van der Waals surface area contributed by atoms with Gasteiger partial charge in [0, 0.05) is 22.3 Å². The average molecular weight is 524 g/mol. The first-order valence-corrected chi connectivity index (χ1v) is 12.8. The third-order valence-corrected chi connectivity index (χ3v) is 6.55. The number of benzene rings is 2. The van der Waals surface area contributed by atoms with Crippen LogP contribution in [0.25, 0.3) is 10.8 Å². The van der Waals surface area contributed by atoms with Crippen molar-refractivity contribution in [3.8, 4) is 17.4 Å². The van der Waals surface area contributed by atoms with Gasteiger partial charge >= 0.3 is 5.97 Å². The van der Waals surface area contributed by atoms with Crippen LogP contribution < -0.4 is 14.8 Å². The van der Waals surface area contributed by atoms with Crippen LogP contribution in [0.5, 0.6) is 17.4 Å². The normalized spacial score (nSPS) is 11.8. The Balaban J connectivity index is 1.62. The lowest BCUT2D eigenvalue weighted by Crippen LogP contribution is -2.20. The maximum atomic E-state index is 13.2. The molecule has 2 aromatic carbocycles. The minimum absolute atomic E-state index is 0.0124. The maximum Gasteiger partial charge on any atom is 0.311 e. The summed E-state index contributed by atoms with van der Waals surface area (Å²) >= 11 is 1.23. The minimum Gasteiger partial charge on any atom is -0.494 e. The van der Waals surface area contributed by atoms with Crippen molar-refractivity contribution >= 4 is 39.1 Å². The fourth-order valence-corrected chi connectivity index (χ4v) is 4.82. The van der Waals surface area contributed by atoms with Crippen molar-refractivity contribution in [3.05, 3.63) is 65.3 Å². The summed E-state index contributed by atoms with van der Waals surface area (Å²) in [5, 5.41) is 17.5. The molecule has 0 aliphatic rings. The number of amides is 1. The first-order chi connectivity index (χ1) is 17.9. The highest BCUT2D eigenvalue weighted by atomic mass is 32.1. The van der Waals surface area contributed by atoms with Crippen molar-refractivity contribution in [1.82, 2.24) is 9.55 Å². The van der Waals surface area contributed by atoms with E-state index in [1.54, 1.807) is 30.0 Å². The van der Waals surface area contributed by atoms with Gasteiger partial charge in [-0.2, -0.15) is 0 Å². The molecule has 0 aliphatic heterocycles. The highest BCUT2D eigenvalue weighted by Crippen LogP contribution is 2.37. The van der Waals surface area contributed by atoms with Crippen molar-refractivity contribution in [2.75, 3.05) is 25.6 Å². The standard InChI is InChI=1S/C27H29N3O6S/c1-4-35-22-11-10-17(12-23(22)34-3)21(30-15-18-8-6-7-9-20(18)26(30)33)14-24(31)29-27-28-19(16-37-27)13-25(32)36-5-2/h6-12,15-16,21,33H,4-5,13-14H2,1-3H3,(H,28,29,31). The molecule has 4 rings (SSSR count).